The van der Waals surface area contributed by atoms with E-state index in [9.17, 15) is 14.0 Å². The highest BCUT2D eigenvalue weighted by Crippen LogP contribution is 2.23. The van der Waals surface area contributed by atoms with E-state index < -0.39 is 24.3 Å². The van der Waals surface area contributed by atoms with Gasteiger partial charge in [0.2, 0.25) is 0 Å². The molecular weight excluding hydrogens is 368 g/mol. The smallest absolute Gasteiger partial charge is 0.340 e. The van der Waals surface area contributed by atoms with E-state index in [-0.39, 0.29) is 21.3 Å². The van der Waals surface area contributed by atoms with Gasteiger partial charge in [0.25, 0.3) is 5.91 Å². The van der Waals surface area contributed by atoms with Gasteiger partial charge in [-0.25, -0.2) is 9.18 Å². The molecule has 23 heavy (non-hydrogen) atoms. The molecule has 0 aromatic heterocycles. The van der Waals surface area contributed by atoms with Crippen LogP contribution in [0.4, 0.5) is 10.1 Å². The van der Waals surface area contributed by atoms with Crippen molar-refractivity contribution in [3.8, 4) is 0 Å². The molecule has 120 valence electrons. The number of carbonyl (C=O) groups is 2. The second-order valence-electron chi connectivity index (χ2n) is 4.37. The number of halogens is 4. The minimum Gasteiger partial charge on any atom is -0.452 e. The third kappa shape index (κ3) is 4.82. The third-order valence-corrected chi connectivity index (χ3v) is 3.57. The molecule has 0 aliphatic carbocycles. The topological polar surface area (TPSA) is 55.4 Å². The van der Waals surface area contributed by atoms with E-state index in [2.05, 4.69) is 5.32 Å². The minimum absolute atomic E-state index is 0.0765. The Morgan fingerprint density at radius 3 is 2.48 bits per heavy atom. The molecule has 0 aliphatic heterocycles. The second-order valence-corrected chi connectivity index (χ2v) is 5.62. The Morgan fingerprint density at radius 2 is 1.78 bits per heavy atom. The number of rotatable bonds is 4. The number of hydrogen-bond acceptors (Lipinski definition) is 3. The zero-order valence-electron chi connectivity index (χ0n) is 11.4. The van der Waals surface area contributed by atoms with Crippen molar-refractivity contribution in [2.24, 2.45) is 0 Å². The first-order chi connectivity index (χ1) is 10.9. The number of amides is 1. The maximum Gasteiger partial charge on any atom is 0.340 e. The number of carbonyl (C=O) groups excluding carboxylic acids is 2. The van der Waals surface area contributed by atoms with Crippen LogP contribution in [0.15, 0.2) is 36.4 Å². The number of ether oxygens (including phenoxy) is 1. The van der Waals surface area contributed by atoms with Crippen molar-refractivity contribution >= 4 is 52.4 Å². The van der Waals surface area contributed by atoms with Gasteiger partial charge in [0.1, 0.15) is 5.82 Å². The van der Waals surface area contributed by atoms with Crippen molar-refractivity contribution in [1.82, 2.24) is 0 Å². The molecule has 0 radical (unpaired) electrons. The highest BCUT2D eigenvalue weighted by Gasteiger charge is 2.15. The molecule has 2 rings (SSSR count). The summed E-state index contributed by atoms with van der Waals surface area (Å²) >= 11 is 17.4. The third-order valence-electron chi connectivity index (χ3n) is 2.69. The molecule has 2 aromatic rings. The van der Waals surface area contributed by atoms with Crippen LogP contribution in [0, 0.1) is 5.82 Å². The summed E-state index contributed by atoms with van der Waals surface area (Å²) < 4.78 is 17.9. The van der Waals surface area contributed by atoms with Crippen LogP contribution in [0.2, 0.25) is 15.1 Å². The molecule has 4 nitrogen and oxygen atoms in total. The van der Waals surface area contributed by atoms with Gasteiger partial charge in [0.15, 0.2) is 6.61 Å². The lowest BCUT2D eigenvalue weighted by Crippen LogP contribution is -2.21. The van der Waals surface area contributed by atoms with Crippen LogP contribution in [0.3, 0.4) is 0 Å². The lowest BCUT2D eigenvalue weighted by atomic mass is 10.2. The molecule has 0 saturated heterocycles. The van der Waals surface area contributed by atoms with Crippen molar-refractivity contribution in [2.45, 2.75) is 0 Å². The van der Waals surface area contributed by atoms with Gasteiger partial charge >= 0.3 is 5.97 Å². The van der Waals surface area contributed by atoms with Gasteiger partial charge in [-0.15, -0.1) is 0 Å². The van der Waals surface area contributed by atoms with Gasteiger partial charge in [-0.1, -0.05) is 34.8 Å². The predicted octanol–water partition coefficient (Wildman–Crippen LogP) is 4.58. The standard InChI is InChI=1S/C15H9Cl3FNO3/c16-8-1-3-10(12(18)5-8)15(22)23-7-14(21)20-13-6-9(19)2-4-11(13)17/h1-6H,7H2,(H,20,21). The molecular formula is C15H9Cl3FNO3. The van der Waals surface area contributed by atoms with E-state index in [1.807, 2.05) is 0 Å². The van der Waals surface area contributed by atoms with Crippen molar-refractivity contribution in [2.75, 3.05) is 11.9 Å². The predicted molar refractivity (Wildman–Crippen MR) is 86.8 cm³/mol. The van der Waals surface area contributed by atoms with E-state index in [1.54, 1.807) is 0 Å². The van der Waals surface area contributed by atoms with Crippen LogP contribution in [-0.4, -0.2) is 18.5 Å². The Morgan fingerprint density at radius 1 is 1.04 bits per heavy atom. The summed E-state index contributed by atoms with van der Waals surface area (Å²) in [5.41, 5.74) is 0.157. The fraction of sp³-hybridized carbons (Fsp3) is 0.0667. The normalized spacial score (nSPS) is 10.3. The summed E-state index contributed by atoms with van der Waals surface area (Å²) in [6.45, 7) is -0.579. The molecule has 0 heterocycles. The van der Waals surface area contributed by atoms with E-state index in [0.717, 1.165) is 12.1 Å². The SMILES string of the molecule is O=C(COC(=O)c1ccc(Cl)cc1Cl)Nc1cc(F)ccc1Cl. The number of anilines is 1. The van der Waals surface area contributed by atoms with E-state index in [1.165, 1.54) is 24.3 Å². The summed E-state index contributed by atoms with van der Waals surface area (Å²) in [7, 11) is 0. The van der Waals surface area contributed by atoms with Gasteiger partial charge in [0, 0.05) is 5.02 Å². The van der Waals surface area contributed by atoms with Crippen LogP contribution in [0.5, 0.6) is 0 Å². The summed E-state index contributed by atoms with van der Waals surface area (Å²) in [6.07, 6.45) is 0. The summed E-state index contributed by atoms with van der Waals surface area (Å²) in [6, 6.07) is 7.74. The molecule has 0 bridgehead atoms. The first kappa shape index (κ1) is 17.5. The molecule has 0 unspecified atom stereocenters. The van der Waals surface area contributed by atoms with Crippen molar-refractivity contribution in [3.63, 3.8) is 0 Å². The molecule has 1 amide bonds. The molecule has 0 atom stereocenters. The lowest BCUT2D eigenvalue weighted by molar-refractivity contribution is -0.119. The Hall–Kier alpha value is -1.82. The van der Waals surface area contributed by atoms with E-state index in [0.29, 0.717) is 5.02 Å². The van der Waals surface area contributed by atoms with Crippen molar-refractivity contribution in [1.29, 1.82) is 0 Å². The summed E-state index contributed by atoms with van der Waals surface area (Å²) in [4.78, 5) is 23.6. The quantitative estimate of drug-likeness (QED) is 0.795. The fourth-order valence-electron chi connectivity index (χ4n) is 1.64. The van der Waals surface area contributed by atoms with Gasteiger partial charge in [-0.3, -0.25) is 4.79 Å². The number of esters is 1. The zero-order chi connectivity index (χ0) is 17.0. The van der Waals surface area contributed by atoms with Crippen LogP contribution >= 0.6 is 34.8 Å². The maximum absolute atomic E-state index is 13.1. The number of hydrogen-bond donors (Lipinski definition) is 1. The molecule has 2 aromatic carbocycles. The van der Waals surface area contributed by atoms with E-state index in [4.69, 9.17) is 39.5 Å². The van der Waals surface area contributed by atoms with Gasteiger partial charge in [-0.2, -0.15) is 0 Å². The number of nitrogens with one attached hydrogen (secondary N) is 1. The van der Waals surface area contributed by atoms with Crippen LogP contribution in [0.1, 0.15) is 10.4 Å². The molecule has 0 spiro atoms. The van der Waals surface area contributed by atoms with Gasteiger partial charge < -0.3 is 10.1 Å². The van der Waals surface area contributed by atoms with Crippen LogP contribution in [0.25, 0.3) is 0 Å². The highest BCUT2D eigenvalue weighted by atomic mass is 35.5. The van der Waals surface area contributed by atoms with Gasteiger partial charge in [0.05, 0.1) is 21.3 Å². The molecule has 1 N–H and O–H groups in total. The average Bonchev–Trinajstić information content (AvgIpc) is 2.48. The molecule has 0 saturated carbocycles. The maximum atomic E-state index is 13.1. The van der Waals surface area contributed by atoms with E-state index >= 15 is 0 Å². The Kier molecular flexibility index (Phi) is 5.82. The highest BCUT2D eigenvalue weighted by molar-refractivity contribution is 6.36. The summed E-state index contributed by atoms with van der Waals surface area (Å²) in [5.74, 6) is -2.02. The summed E-state index contributed by atoms with van der Waals surface area (Å²) in [5, 5.41) is 2.97. The Balaban J connectivity index is 1.96. The van der Waals surface area contributed by atoms with Crippen LogP contribution < -0.4 is 5.32 Å². The van der Waals surface area contributed by atoms with Crippen LogP contribution in [-0.2, 0) is 9.53 Å². The second kappa shape index (κ2) is 7.64. The molecule has 0 fully saturated rings. The number of benzene rings is 2. The monoisotopic (exact) mass is 375 g/mol. The first-order valence-corrected chi connectivity index (χ1v) is 7.37. The largest absolute Gasteiger partial charge is 0.452 e. The molecule has 8 heteroatoms. The lowest BCUT2D eigenvalue weighted by Gasteiger charge is -2.09. The van der Waals surface area contributed by atoms with Crippen molar-refractivity contribution < 1.29 is 18.7 Å². The van der Waals surface area contributed by atoms with Crippen molar-refractivity contribution in [3.05, 3.63) is 62.8 Å². The minimum atomic E-state index is -0.785. The fourth-order valence-corrected chi connectivity index (χ4v) is 2.29. The zero-order valence-corrected chi connectivity index (χ0v) is 13.7. The Bertz CT molecular complexity index is 768. The molecule has 0 aliphatic rings. The average molecular weight is 377 g/mol. The van der Waals surface area contributed by atoms with Gasteiger partial charge in [-0.05, 0) is 36.4 Å². The Labute approximate surface area is 146 Å². The first-order valence-electron chi connectivity index (χ1n) is 6.24.